The molecule has 0 N–H and O–H groups in total. The molecule has 0 amide bonds. The normalized spacial score (nSPS) is 11.7. The number of nitriles is 1. The van der Waals surface area contributed by atoms with Crippen molar-refractivity contribution >= 4 is 21.9 Å². The van der Waals surface area contributed by atoms with Crippen LogP contribution in [0.5, 0.6) is 0 Å². The zero-order valence-electron chi connectivity index (χ0n) is 4.93. The molecule has 0 heterocycles. The third-order valence-corrected chi connectivity index (χ3v) is 1.19. The van der Waals surface area contributed by atoms with Crippen molar-refractivity contribution in [3.8, 4) is 6.07 Å². The summed E-state index contributed by atoms with van der Waals surface area (Å²) in [7, 11) is 0. The summed E-state index contributed by atoms with van der Waals surface area (Å²) in [6, 6.07) is 1.69. The lowest BCUT2D eigenvalue weighted by atomic mass is 10.5. The molecule has 0 rings (SSSR count). The van der Waals surface area contributed by atoms with Crippen molar-refractivity contribution in [1.82, 2.24) is 0 Å². The summed E-state index contributed by atoms with van der Waals surface area (Å²) in [5.74, 6) is -0.528. The second kappa shape index (κ2) is 4.33. The Morgan fingerprint density at radius 2 is 2.56 bits per heavy atom. The highest BCUT2D eigenvalue weighted by atomic mass is 79.9. The fourth-order valence-corrected chi connectivity index (χ4v) is 0.400. The Kier molecular flexibility index (Phi) is 4.06. The summed E-state index contributed by atoms with van der Waals surface area (Å²) in [4.78, 5) is 9.66. The van der Waals surface area contributed by atoms with Crippen molar-refractivity contribution in [2.45, 2.75) is 11.8 Å². The van der Waals surface area contributed by atoms with Crippen molar-refractivity contribution in [2.24, 2.45) is 0 Å². The molecule has 50 valence electrons. The van der Waals surface area contributed by atoms with E-state index in [4.69, 9.17) is 5.26 Å². The van der Waals surface area contributed by atoms with Crippen LogP contribution in [-0.4, -0.2) is 17.4 Å². The fourth-order valence-electron chi connectivity index (χ4n) is 0.268. The molecule has 0 aromatic heterocycles. The first kappa shape index (κ1) is 8.44. The van der Waals surface area contributed by atoms with Gasteiger partial charge in [0.1, 0.15) is 0 Å². The standard InChI is InChI=1S/C5H6BrNO2/c1-2-9-5(8)4(6)3-7/h4H,2H2,1H3/t4-/m0/s1. The minimum Gasteiger partial charge on any atom is -0.464 e. The summed E-state index contributed by atoms with van der Waals surface area (Å²) in [6.45, 7) is 2.00. The highest BCUT2D eigenvalue weighted by molar-refractivity contribution is 9.10. The van der Waals surface area contributed by atoms with Crippen LogP contribution < -0.4 is 0 Å². The number of carbonyl (C=O) groups is 1. The van der Waals surface area contributed by atoms with Crippen LogP contribution in [-0.2, 0) is 9.53 Å². The zero-order valence-corrected chi connectivity index (χ0v) is 6.51. The predicted molar refractivity (Wildman–Crippen MR) is 35.0 cm³/mol. The number of alkyl halides is 1. The molecule has 0 radical (unpaired) electrons. The molecule has 0 aliphatic rings. The van der Waals surface area contributed by atoms with E-state index in [0.717, 1.165) is 0 Å². The van der Waals surface area contributed by atoms with E-state index in [1.54, 1.807) is 13.0 Å². The topological polar surface area (TPSA) is 50.1 Å². The monoisotopic (exact) mass is 191 g/mol. The van der Waals surface area contributed by atoms with E-state index in [1.807, 2.05) is 0 Å². The van der Waals surface area contributed by atoms with Crippen LogP contribution in [0.25, 0.3) is 0 Å². The SMILES string of the molecule is CCOC(=O)[C@@H](Br)C#N. The van der Waals surface area contributed by atoms with E-state index in [2.05, 4.69) is 20.7 Å². The van der Waals surface area contributed by atoms with Gasteiger partial charge >= 0.3 is 5.97 Å². The summed E-state index contributed by atoms with van der Waals surface area (Å²) >= 11 is 2.81. The first-order valence-corrected chi connectivity index (χ1v) is 3.34. The number of halogens is 1. The van der Waals surface area contributed by atoms with Crippen molar-refractivity contribution in [3.05, 3.63) is 0 Å². The van der Waals surface area contributed by atoms with Gasteiger partial charge in [0.15, 0.2) is 4.83 Å². The zero-order chi connectivity index (χ0) is 7.28. The molecule has 0 bridgehead atoms. The maximum atomic E-state index is 10.5. The van der Waals surface area contributed by atoms with Gasteiger partial charge in [-0.3, -0.25) is 0 Å². The van der Waals surface area contributed by atoms with Crippen molar-refractivity contribution in [2.75, 3.05) is 6.61 Å². The second-order valence-electron chi connectivity index (χ2n) is 1.24. The van der Waals surface area contributed by atoms with Gasteiger partial charge in [-0.1, -0.05) is 15.9 Å². The van der Waals surface area contributed by atoms with Crippen molar-refractivity contribution in [3.63, 3.8) is 0 Å². The number of rotatable bonds is 2. The van der Waals surface area contributed by atoms with Crippen molar-refractivity contribution in [1.29, 1.82) is 5.26 Å². The van der Waals surface area contributed by atoms with Gasteiger partial charge < -0.3 is 4.74 Å². The Labute approximate surface area is 61.7 Å². The van der Waals surface area contributed by atoms with Gasteiger partial charge in [0.05, 0.1) is 12.7 Å². The average molecular weight is 192 g/mol. The predicted octanol–water partition coefficient (Wildman–Crippen LogP) is 0.837. The smallest absolute Gasteiger partial charge is 0.334 e. The van der Waals surface area contributed by atoms with E-state index in [1.165, 1.54) is 0 Å². The van der Waals surface area contributed by atoms with Crippen LogP contribution in [0.1, 0.15) is 6.92 Å². The molecular weight excluding hydrogens is 186 g/mol. The number of ether oxygens (including phenoxy) is 1. The molecular formula is C5H6BrNO2. The van der Waals surface area contributed by atoms with Crippen LogP contribution in [0, 0.1) is 11.3 Å². The third kappa shape index (κ3) is 3.09. The molecule has 0 aromatic rings. The highest BCUT2D eigenvalue weighted by Crippen LogP contribution is 1.98. The highest BCUT2D eigenvalue weighted by Gasteiger charge is 2.13. The molecule has 0 aliphatic carbocycles. The molecule has 4 heteroatoms. The van der Waals surface area contributed by atoms with E-state index < -0.39 is 10.8 Å². The van der Waals surface area contributed by atoms with Gasteiger partial charge in [-0.15, -0.1) is 0 Å². The molecule has 0 spiro atoms. The first-order valence-electron chi connectivity index (χ1n) is 2.42. The summed E-state index contributed by atoms with van der Waals surface area (Å²) in [5, 5.41) is 8.13. The Morgan fingerprint density at radius 1 is 2.00 bits per heavy atom. The number of esters is 1. The van der Waals surface area contributed by atoms with Gasteiger partial charge in [-0.05, 0) is 6.92 Å². The van der Waals surface area contributed by atoms with Crippen LogP contribution in [0.4, 0.5) is 0 Å². The van der Waals surface area contributed by atoms with Gasteiger partial charge in [0.2, 0.25) is 0 Å². The van der Waals surface area contributed by atoms with E-state index in [-0.39, 0.29) is 0 Å². The quantitative estimate of drug-likeness (QED) is 0.481. The van der Waals surface area contributed by atoms with Crippen LogP contribution in [0.15, 0.2) is 0 Å². The lowest BCUT2D eigenvalue weighted by molar-refractivity contribution is -0.141. The van der Waals surface area contributed by atoms with Crippen LogP contribution >= 0.6 is 15.9 Å². The first-order chi connectivity index (χ1) is 4.22. The third-order valence-electron chi connectivity index (χ3n) is 0.607. The molecule has 0 aromatic carbocycles. The molecule has 0 saturated carbocycles. The van der Waals surface area contributed by atoms with E-state index in [9.17, 15) is 4.79 Å². The Hall–Kier alpha value is -0.560. The Balaban J connectivity index is 3.63. The summed E-state index contributed by atoms with van der Waals surface area (Å²) in [5.41, 5.74) is 0. The Bertz CT molecular complexity index is 140. The number of hydrogen-bond donors (Lipinski definition) is 0. The fraction of sp³-hybridized carbons (Fsp3) is 0.600. The van der Waals surface area contributed by atoms with Gasteiger partial charge in [-0.25, -0.2) is 4.79 Å². The van der Waals surface area contributed by atoms with Gasteiger partial charge in [0, 0.05) is 0 Å². The van der Waals surface area contributed by atoms with E-state index in [0.29, 0.717) is 6.61 Å². The van der Waals surface area contributed by atoms with E-state index >= 15 is 0 Å². The van der Waals surface area contributed by atoms with Crippen LogP contribution in [0.3, 0.4) is 0 Å². The van der Waals surface area contributed by atoms with Gasteiger partial charge in [-0.2, -0.15) is 5.26 Å². The second-order valence-corrected chi connectivity index (χ2v) is 2.16. The van der Waals surface area contributed by atoms with Gasteiger partial charge in [0.25, 0.3) is 0 Å². The average Bonchev–Trinajstić information content (AvgIpc) is 1.87. The summed E-state index contributed by atoms with van der Waals surface area (Å²) in [6.07, 6.45) is 0. The number of carbonyl (C=O) groups excluding carboxylic acids is 1. The minimum atomic E-state index is -0.822. The molecule has 3 nitrogen and oxygen atoms in total. The Morgan fingerprint density at radius 3 is 2.89 bits per heavy atom. The molecule has 0 saturated heterocycles. The largest absolute Gasteiger partial charge is 0.464 e. The molecule has 0 fully saturated rings. The maximum Gasteiger partial charge on any atom is 0.334 e. The lowest BCUT2D eigenvalue weighted by Crippen LogP contribution is -2.14. The minimum absolute atomic E-state index is 0.308. The maximum absolute atomic E-state index is 10.5. The van der Waals surface area contributed by atoms with Crippen LogP contribution in [0.2, 0.25) is 0 Å². The number of nitrogens with zero attached hydrogens (tertiary/aromatic N) is 1. The van der Waals surface area contributed by atoms with Crippen molar-refractivity contribution < 1.29 is 9.53 Å². The molecule has 9 heavy (non-hydrogen) atoms. The molecule has 0 unspecified atom stereocenters. The molecule has 1 atom stereocenters. The lowest BCUT2D eigenvalue weighted by Gasteiger charge is -1.98. The molecule has 0 aliphatic heterocycles. The summed E-state index contributed by atoms with van der Waals surface area (Å²) < 4.78 is 4.49. The number of hydrogen-bond acceptors (Lipinski definition) is 3.